The van der Waals surface area contributed by atoms with Crippen LogP contribution in [0.25, 0.3) is 0 Å². The van der Waals surface area contributed by atoms with Gasteiger partial charge in [-0.1, -0.05) is 23.8 Å². The molecule has 0 aliphatic carbocycles. The molecule has 1 unspecified atom stereocenters. The number of nitro groups is 1. The van der Waals surface area contributed by atoms with E-state index in [0.29, 0.717) is 0 Å². The van der Waals surface area contributed by atoms with E-state index in [4.69, 9.17) is 0 Å². The summed E-state index contributed by atoms with van der Waals surface area (Å²) in [5.74, 6) is -0.291. The Bertz CT molecular complexity index is 597. The molecule has 1 aromatic carbocycles. The summed E-state index contributed by atoms with van der Waals surface area (Å²) >= 11 is 0. The quantitative estimate of drug-likeness (QED) is 0.469. The predicted molar refractivity (Wildman–Crippen MR) is 70.9 cm³/mol. The van der Waals surface area contributed by atoms with Crippen LogP contribution in [0.4, 0.5) is 5.69 Å². The van der Waals surface area contributed by atoms with Crippen LogP contribution in [0.2, 0.25) is 0 Å². The van der Waals surface area contributed by atoms with Crippen molar-refractivity contribution < 1.29 is 13.9 Å². The van der Waals surface area contributed by atoms with Crippen molar-refractivity contribution in [2.75, 3.05) is 12.3 Å². The Morgan fingerprint density at radius 1 is 1.42 bits per heavy atom. The molecule has 0 aromatic heterocycles. The van der Waals surface area contributed by atoms with Crippen LogP contribution in [0.1, 0.15) is 17.3 Å². The lowest BCUT2D eigenvalue weighted by atomic mass is 10.1. The second kappa shape index (κ2) is 5.31. The maximum atomic E-state index is 12.2. The predicted octanol–water partition coefficient (Wildman–Crippen LogP) is 1.66. The Labute approximate surface area is 112 Å². The molecule has 19 heavy (non-hydrogen) atoms. The summed E-state index contributed by atoms with van der Waals surface area (Å²) in [6.45, 7) is 2.05. The molecule has 1 aromatic rings. The van der Waals surface area contributed by atoms with Gasteiger partial charge in [-0.25, -0.2) is 4.21 Å². The molecule has 6 nitrogen and oxygen atoms in total. The molecule has 0 saturated carbocycles. The average molecular weight is 280 g/mol. The molecule has 1 aliphatic heterocycles. The summed E-state index contributed by atoms with van der Waals surface area (Å²) in [7, 11) is -1.47. The standard InChI is InChI=1S/C12H12N2O4S/c1-9-6-7-13(19(18)8-9)12(15)10-4-2-3-5-11(10)14(16)17/h2-6H,7-8H2,1H3. The highest BCUT2D eigenvalue weighted by atomic mass is 32.2. The van der Waals surface area contributed by atoms with Crippen LogP contribution in [-0.4, -0.2) is 31.6 Å². The number of carbonyl (C=O) groups is 1. The summed E-state index contributed by atoms with van der Waals surface area (Å²) in [6.07, 6.45) is 1.80. The van der Waals surface area contributed by atoms with E-state index in [-0.39, 0.29) is 23.5 Å². The van der Waals surface area contributed by atoms with Crippen LogP contribution in [0, 0.1) is 10.1 Å². The second-order valence-electron chi connectivity index (χ2n) is 4.16. The van der Waals surface area contributed by atoms with Crippen molar-refractivity contribution in [1.29, 1.82) is 0 Å². The zero-order valence-corrected chi connectivity index (χ0v) is 11.1. The number of carbonyl (C=O) groups excluding carboxylic acids is 1. The van der Waals surface area contributed by atoms with E-state index in [1.165, 1.54) is 18.2 Å². The highest BCUT2D eigenvalue weighted by Crippen LogP contribution is 2.22. The van der Waals surface area contributed by atoms with Crippen molar-refractivity contribution in [3.8, 4) is 0 Å². The third-order valence-electron chi connectivity index (χ3n) is 2.76. The minimum absolute atomic E-state index is 0.0335. The number of hydrogen-bond acceptors (Lipinski definition) is 4. The largest absolute Gasteiger partial charge is 0.282 e. The van der Waals surface area contributed by atoms with Gasteiger partial charge in [-0.2, -0.15) is 0 Å². The van der Waals surface area contributed by atoms with Gasteiger partial charge in [-0.05, 0) is 13.0 Å². The summed E-state index contributed by atoms with van der Waals surface area (Å²) in [4.78, 5) is 22.5. The lowest BCUT2D eigenvalue weighted by molar-refractivity contribution is -0.385. The molecule has 0 spiro atoms. The van der Waals surface area contributed by atoms with E-state index in [0.717, 1.165) is 9.88 Å². The van der Waals surface area contributed by atoms with E-state index in [9.17, 15) is 19.1 Å². The van der Waals surface area contributed by atoms with Crippen LogP contribution in [0.15, 0.2) is 35.9 Å². The van der Waals surface area contributed by atoms with Gasteiger partial charge in [0.15, 0.2) is 0 Å². The van der Waals surface area contributed by atoms with Crippen LogP contribution in [0.5, 0.6) is 0 Å². The molecule has 2 rings (SSSR count). The Morgan fingerprint density at radius 3 is 2.74 bits per heavy atom. The summed E-state index contributed by atoms with van der Waals surface area (Å²) in [6, 6.07) is 5.68. The minimum atomic E-state index is -1.47. The Kier molecular flexibility index (Phi) is 3.75. The van der Waals surface area contributed by atoms with Crippen LogP contribution < -0.4 is 0 Å². The van der Waals surface area contributed by atoms with Crippen molar-refractivity contribution >= 4 is 22.6 Å². The van der Waals surface area contributed by atoms with Gasteiger partial charge in [0.2, 0.25) is 0 Å². The second-order valence-corrected chi connectivity index (χ2v) is 5.53. The van der Waals surface area contributed by atoms with Crippen molar-refractivity contribution in [1.82, 2.24) is 4.31 Å². The van der Waals surface area contributed by atoms with Gasteiger partial charge in [-0.15, -0.1) is 0 Å². The molecule has 0 fully saturated rings. The molecule has 100 valence electrons. The van der Waals surface area contributed by atoms with Crippen molar-refractivity contribution in [2.45, 2.75) is 6.92 Å². The van der Waals surface area contributed by atoms with Gasteiger partial charge >= 0.3 is 0 Å². The Morgan fingerprint density at radius 2 is 2.11 bits per heavy atom. The number of hydrogen-bond donors (Lipinski definition) is 0. The maximum Gasteiger partial charge on any atom is 0.282 e. The number of rotatable bonds is 2. The first kappa shape index (κ1) is 13.4. The fourth-order valence-electron chi connectivity index (χ4n) is 1.78. The fourth-order valence-corrected chi connectivity index (χ4v) is 2.96. The molecule has 0 radical (unpaired) electrons. The van der Waals surface area contributed by atoms with Crippen LogP contribution in [-0.2, 0) is 11.0 Å². The highest BCUT2D eigenvalue weighted by molar-refractivity contribution is 7.83. The maximum absolute atomic E-state index is 12.2. The van der Waals surface area contributed by atoms with E-state index in [2.05, 4.69) is 0 Å². The van der Waals surface area contributed by atoms with Gasteiger partial charge < -0.3 is 0 Å². The first-order valence-electron chi connectivity index (χ1n) is 5.60. The topological polar surface area (TPSA) is 80.5 Å². The lowest BCUT2D eigenvalue weighted by Crippen LogP contribution is -2.37. The molecular formula is C12H12N2O4S. The summed E-state index contributed by atoms with van der Waals surface area (Å²) in [5.41, 5.74) is 0.648. The van der Waals surface area contributed by atoms with E-state index >= 15 is 0 Å². The van der Waals surface area contributed by atoms with Crippen molar-refractivity contribution in [2.24, 2.45) is 0 Å². The van der Waals surface area contributed by atoms with Gasteiger partial charge in [0.25, 0.3) is 11.6 Å². The summed E-state index contributed by atoms with van der Waals surface area (Å²) in [5, 5.41) is 10.9. The monoisotopic (exact) mass is 280 g/mol. The molecule has 1 aliphatic rings. The SMILES string of the molecule is CC1=CCN(C(=O)c2ccccc2[N+](=O)[O-])S(=O)C1. The number of nitro benzene ring substituents is 1. The molecule has 0 N–H and O–H groups in total. The Balaban J connectivity index is 2.35. The van der Waals surface area contributed by atoms with E-state index in [1.807, 2.05) is 6.92 Å². The molecule has 7 heteroatoms. The summed E-state index contributed by atoms with van der Waals surface area (Å²) < 4.78 is 13.1. The normalized spacial score (nSPS) is 18.9. The third-order valence-corrected chi connectivity index (χ3v) is 4.27. The van der Waals surface area contributed by atoms with E-state index < -0.39 is 21.8 Å². The third kappa shape index (κ3) is 2.70. The van der Waals surface area contributed by atoms with Crippen LogP contribution >= 0.6 is 0 Å². The van der Waals surface area contributed by atoms with Gasteiger partial charge in [0.1, 0.15) is 16.5 Å². The average Bonchev–Trinajstić information content (AvgIpc) is 2.38. The number of benzene rings is 1. The first-order chi connectivity index (χ1) is 9.00. The van der Waals surface area contributed by atoms with Crippen molar-refractivity contribution in [3.63, 3.8) is 0 Å². The fraction of sp³-hybridized carbons (Fsp3) is 0.250. The molecular weight excluding hydrogens is 268 g/mol. The molecule has 0 bridgehead atoms. The van der Waals surface area contributed by atoms with Crippen LogP contribution in [0.3, 0.4) is 0 Å². The lowest BCUT2D eigenvalue weighted by Gasteiger charge is -2.24. The van der Waals surface area contributed by atoms with Gasteiger partial charge in [0.05, 0.1) is 17.2 Å². The number of para-hydroxylation sites is 1. The zero-order valence-electron chi connectivity index (χ0n) is 10.2. The number of amides is 1. The Hall–Kier alpha value is -2.02. The minimum Gasteiger partial charge on any atom is -0.268 e. The smallest absolute Gasteiger partial charge is 0.268 e. The first-order valence-corrected chi connectivity index (χ1v) is 6.87. The van der Waals surface area contributed by atoms with Gasteiger partial charge in [-0.3, -0.25) is 19.2 Å². The highest BCUT2D eigenvalue weighted by Gasteiger charge is 2.28. The molecule has 1 atom stereocenters. The van der Waals surface area contributed by atoms with Gasteiger partial charge in [0, 0.05) is 6.07 Å². The van der Waals surface area contributed by atoms with E-state index in [1.54, 1.807) is 12.1 Å². The van der Waals surface area contributed by atoms with Crippen molar-refractivity contribution in [3.05, 3.63) is 51.6 Å². The molecule has 1 heterocycles. The number of nitrogens with zero attached hydrogens (tertiary/aromatic N) is 2. The molecule has 0 saturated heterocycles. The zero-order chi connectivity index (χ0) is 14.0. The molecule has 1 amide bonds.